The number of hydrogen-bond acceptors (Lipinski definition) is 3. The summed E-state index contributed by atoms with van der Waals surface area (Å²) < 4.78 is 19.8. The molecule has 0 spiro atoms. The van der Waals surface area contributed by atoms with Gasteiger partial charge in [-0.3, -0.25) is 4.79 Å². The number of rotatable bonds is 4. The van der Waals surface area contributed by atoms with E-state index in [9.17, 15) is 14.0 Å². The van der Waals surface area contributed by atoms with E-state index in [-0.39, 0.29) is 12.5 Å². The Hall–Kier alpha value is -1.38. The van der Waals surface area contributed by atoms with Gasteiger partial charge in [0.25, 0.3) is 0 Å². The zero-order chi connectivity index (χ0) is 18.6. The van der Waals surface area contributed by atoms with Crippen LogP contribution in [0.3, 0.4) is 0 Å². The Morgan fingerprint density at radius 2 is 2.00 bits per heavy atom. The number of nitrogens with one attached hydrogen (secondary N) is 1. The van der Waals surface area contributed by atoms with Crippen LogP contribution in [0.25, 0.3) is 0 Å². The SMILES string of the molecule is CC(C)(C)OC(=O)N[C@@H](Cc1ccc(I)cc1)C(=O)N1CC[C@H](F)C1. The molecule has 0 radical (unpaired) electrons. The fourth-order valence-electron chi connectivity index (χ4n) is 2.64. The van der Waals surface area contributed by atoms with Crippen molar-refractivity contribution in [3.63, 3.8) is 0 Å². The van der Waals surface area contributed by atoms with Crippen LogP contribution in [0.2, 0.25) is 0 Å². The highest BCUT2D eigenvalue weighted by Crippen LogP contribution is 2.16. The summed E-state index contributed by atoms with van der Waals surface area (Å²) in [5, 5.41) is 2.65. The number of amides is 2. The summed E-state index contributed by atoms with van der Waals surface area (Å²) >= 11 is 2.20. The number of halogens is 2. The van der Waals surface area contributed by atoms with Gasteiger partial charge < -0.3 is 15.0 Å². The molecule has 1 aromatic carbocycles. The van der Waals surface area contributed by atoms with Crippen LogP contribution in [0.1, 0.15) is 32.8 Å². The predicted molar refractivity (Wildman–Crippen MR) is 102 cm³/mol. The average molecular weight is 462 g/mol. The second-order valence-corrected chi connectivity index (χ2v) is 8.45. The van der Waals surface area contributed by atoms with E-state index in [1.807, 2.05) is 24.3 Å². The van der Waals surface area contributed by atoms with Crippen molar-refractivity contribution < 1.29 is 18.7 Å². The van der Waals surface area contributed by atoms with Crippen molar-refractivity contribution in [1.82, 2.24) is 10.2 Å². The molecule has 0 aromatic heterocycles. The van der Waals surface area contributed by atoms with Gasteiger partial charge in [0.05, 0.1) is 6.54 Å². The first-order valence-corrected chi connectivity index (χ1v) is 9.39. The van der Waals surface area contributed by atoms with Crippen LogP contribution in [-0.4, -0.2) is 47.8 Å². The summed E-state index contributed by atoms with van der Waals surface area (Å²) in [4.78, 5) is 26.3. The maximum Gasteiger partial charge on any atom is 0.408 e. The smallest absolute Gasteiger partial charge is 0.408 e. The first-order valence-electron chi connectivity index (χ1n) is 8.31. The van der Waals surface area contributed by atoms with E-state index in [1.165, 1.54) is 4.90 Å². The van der Waals surface area contributed by atoms with Crippen LogP contribution in [0.5, 0.6) is 0 Å². The standard InChI is InChI=1S/C18H24FIN2O3/c1-18(2,3)25-17(24)21-15(10-12-4-6-14(20)7-5-12)16(23)22-9-8-13(19)11-22/h4-7,13,15H,8-11H2,1-3H3,(H,21,24)/t13-,15-/m0/s1. The number of alkyl carbamates (subject to hydrolysis) is 1. The van der Waals surface area contributed by atoms with Crippen molar-refractivity contribution in [3.8, 4) is 0 Å². The Morgan fingerprint density at radius 3 is 2.52 bits per heavy atom. The molecule has 2 rings (SSSR count). The summed E-state index contributed by atoms with van der Waals surface area (Å²) in [6.07, 6.45) is -0.964. The van der Waals surface area contributed by atoms with Gasteiger partial charge >= 0.3 is 6.09 Å². The first kappa shape index (κ1) is 19.9. The molecule has 1 N–H and O–H groups in total. The molecule has 0 saturated carbocycles. The number of benzene rings is 1. The van der Waals surface area contributed by atoms with Gasteiger partial charge in [0, 0.05) is 16.5 Å². The second kappa shape index (κ2) is 8.33. The van der Waals surface area contributed by atoms with Crippen molar-refractivity contribution in [2.24, 2.45) is 0 Å². The van der Waals surface area contributed by atoms with Gasteiger partial charge in [-0.15, -0.1) is 0 Å². The Balaban J connectivity index is 2.11. The Kier molecular flexibility index (Phi) is 6.65. The topological polar surface area (TPSA) is 58.6 Å². The van der Waals surface area contributed by atoms with Crippen molar-refractivity contribution >= 4 is 34.6 Å². The molecular formula is C18H24FIN2O3. The molecule has 1 fully saturated rings. The third kappa shape index (κ3) is 6.45. The van der Waals surface area contributed by atoms with Gasteiger partial charge in [0.1, 0.15) is 17.8 Å². The molecule has 5 nitrogen and oxygen atoms in total. The lowest BCUT2D eigenvalue weighted by Gasteiger charge is -2.26. The molecule has 138 valence electrons. The monoisotopic (exact) mass is 462 g/mol. The van der Waals surface area contributed by atoms with Crippen molar-refractivity contribution in [3.05, 3.63) is 33.4 Å². The predicted octanol–water partition coefficient (Wildman–Crippen LogP) is 3.30. The van der Waals surface area contributed by atoms with Gasteiger partial charge in [0.2, 0.25) is 5.91 Å². The van der Waals surface area contributed by atoms with Gasteiger partial charge in [-0.2, -0.15) is 0 Å². The maximum atomic E-state index is 13.4. The number of carbonyl (C=O) groups excluding carboxylic acids is 2. The lowest BCUT2D eigenvalue weighted by atomic mass is 10.0. The van der Waals surface area contributed by atoms with Crippen LogP contribution in [0.15, 0.2) is 24.3 Å². The summed E-state index contributed by atoms with van der Waals surface area (Å²) in [7, 11) is 0. The van der Waals surface area contributed by atoms with E-state index in [2.05, 4.69) is 27.9 Å². The van der Waals surface area contributed by atoms with Crippen LogP contribution in [-0.2, 0) is 16.0 Å². The van der Waals surface area contributed by atoms with Gasteiger partial charge in [0.15, 0.2) is 0 Å². The van der Waals surface area contributed by atoms with E-state index < -0.39 is 23.9 Å². The van der Waals surface area contributed by atoms with Crippen molar-refractivity contribution in [1.29, 1.82) is 0 Å². The van der Waals surface area contributed by atoms with Crippen LogP contribution < -0.4 is 5.32 Å². The summed E-state index contributed by atoms with van der Waals surface area (Å²) in [5.41, 5.74) is 0.268. The molecule has 1 heterocycles. The highest BCUT2D eigenvalue weighted by molar-refractivity contribution is 14.1. The lowest BCUT2D eigenvalue weighted by Crippen LogP contribution is -2.50. The third-order valence-electron chi connectivity index (χ3n) is 3.78. The van der Waals surface area contributed by atoms with Gasteiger partial charge in [-0.25, -0.2) is 9.18 Å². The Morgan fingerprint density at radius 1 is 1.36 bits per heavy atom. The quantitative estimate of drug-likeness (QED) is 0.699. The van der Waals surface area contributed by atoms with Crippen LogP contribution >= 0.6 is 22.6 Å². The van der Waals surface area contributed by atoms with Crippen molar-refractivity contribution in [2.75, 3.05) is 13.1 Å². The maximum absolute atomic E-state index is 13.4. The number of carbonyl (C=O) groups is 2. The largest absolute Gasteiger partial charge is 0.444 e. The van der Waals surface area contributed by atoms with E-state index >= 15 is 0 Å². The number of ether oxygens (including phenoxy) is 1. The minimum atomic E-state index is -0.996. The van der Waals surface area contributed by atoms with Crippen LogP contribution in [0.4, 0.5) is 9.18 Å². The van der Waals surface area contributed by atoms with E-state index in [0.29, 0.717) is 19.4 Å². The minimum Gasteiger partial charge on any atom is -0.444 e. The number of alkyl halides is 1. The number of hydrogen-bond donors (Lipinski definition) is 1. The molecule has 1 aromatic rings. The van der Waals surface area contributed by atoms with E-state index in [4.69, 9.17) is 4.74 Å². The molecule has 0 bridgehead atoms. The van der Waals surface area contributed by atoms with E-state index in [1.54, 1.807) is 20.8 Å². The fraction of sp³-hybridized carbons (Fsp3) is 0.556. The highest BCUT2D eigenvalue weighted by Gasteiger charge is 2.32. The molecule has 0 aliphatic carbocycles. The molecular weight excluding hydrogens is 438 g/mol. The number of nitrogens with zero attached hydrogens (tertiary/aromatic N) is 1. The Labute approximate surface area is 161 Å². The lowest BCUT2D eigenvalue weighted by molar-refractivity contribution is -0.132. The summed E-state index contributed by atoms with van der Waals surface area (Å²) in [5.74, 6) is -0.274. The normalized spacial score (nSPS) is 18.8. The fourth-order valence-corrected chi connectivity index (χ4v) is 3.00. The van der Waals surface area contributed by atoms with Gasteiger partial charge in [-0.05, 0) is 67.5 Å². The first-order chi connectivity index (χ1) is 11.6. The third-order valence-corrected chi connectivity index (χ3v) is 4.50. The van der Waals surface area contributed by atoms with E-state index in [0.717, 1.165) is 9.13 Å². The molecule has 2 atom stereocenters. The molecule has 1 aliphatic heterocycles. The van der Waals surface area contributed by atoms with Crippen LogP contribution in [0, 0.1) is 3.57 Å². The Bertz CT molecular complexity index is 616. The highest BCUT2D eigenvalue weighted by atomic mass is 127. The molecule has 7 heteroatoms. The molecule has 2 amide bonds. The zero-order valence-corrected chi connectivity index (χ0v) is 16.9. The van der Waals surface area contributed by atoms with Crippen molar-refractivity contribution in [2.45, 2.75) is 51.4 Å². The second-order valence-electron chi connectivity index (χ2n) is 7.20. The molecule has 0 unspecified atom stereocenters. The molecule has 1 saturated heterocycles. The number of likely N-dealkylation sites (tertiary alicyclic amines) is 1. The molecule has 1 aliphatic rings. The molecule has 25 heavy (non-hydrogen) atoms. The summed E-state index contributed by atoms with van der Waals surface area (Å²) in [6, 6.07) is 6.94. The average Bonchev–Trinajstić information content (AvgIpc) is 2.92. The van der Waals surface area contributed by atoms with Gasteiger partial charge in [-0.1, -0.05) is 12.1 Å². The zero-order valence-electron chi connectivity index (χ0n) is 14.7. The minimum absolute atomic E-state index is 0.0814. The summed E-state index contributed by atoms with van der Waals surface area (Å²) in [6.45, 7) is 5.74.